The molecule has 0 radical (unpaired) electrons. The first-order valence-corrected chi connectivity index (χ1v) is 11.5. The molecule has 0 saturated heterocycles. The van der Waals surface area contributed by atoms with Crippen LogP contribution in [0.15, 0.2) is 41.3 Å². The summed E-state index contributed by atoms with van der Waals surface area (Å²) in [5, 5.41) is 0.320. The molecule has 2 aromatic rings. The minimum Gasteiger partial charge on any atom is -0.495 e. The number of carbonyl (C=O) groups excluding carboxylic acids is 1. The average molecular weight is 435 g/mol. The summed E-state index contributed by atoms with van der Waals surface area (Å²) in [6, 6.07) is 9.69. The zero-order chi connectivity index (χ0) is 20.8. The van der Waals surface area contributed by atoms with Gasteiger partial charge in [0.15, 0.2) is 0 Å². The van der Waals surface area contributed by atoms with Gasteiger partial charge in [0.1, 0.15) is 5.75 Å². The average Bonchev–Trinajstić information content (AvgIpc) is 2.95. The van der Waals surface area contributed by atoms with Crippen LogP contribution in [0.25, 0.3) is 0 Å². The van der Waals surface area contributed by atoms with Gasteiger partial charge in [0.25, 0.3) is 10.0 Å². The molecule has 2 aliphatic rings. The second-order valence-corrected chi connectivity index (χ2v) is 9.72. The van der Waals surface area contributed by atoms with Gasteiger partial charge >= 0.3 is 0 Å². The smallest absolute Gasteiger partial charge is 0.261 e. The van der Waals surface area contributed by atoms with Crippen molar-refractivity contribution >= 4 is 38.9 Å². The van der Waals surface area contributed by atoms with E-state index in [1.54, 1.807) is 30.3 Å². The third-order valence-corrected chi connectivity index (χ3v) is 7.35. The third kappa shape index (κ3) is 3.69. The fraction of sp³-hybridized carbons (Fsp3) is 0.381. The first kappa shape index (κ1) is 20.0. The highest BCUT2D eigenvalue weighted by molar-refractivity contribution is 7.92. The highest BCUT2D eigenvalue weighted by atomic mass is 35.5. The molecule has 2 aromatic carbocycles. The van der Waals surface area contributed by atoms with Crippen molar-refractivity contribution in [3.05, 3.63) is 47.0 Å². The van der Waals surface area contributed by atoms with Gasteiger partial charge in [-0.15, -0.1) is 0 Å². The van der Waals surface area contributed by atoms with Crippen LogP contribution in [0, 0.1) is 5.92 Å². The normalized spacial score (nSPS) is 18.9. The number of benzene rings is 2. The van der Waals surface area contributed by atoms with Crippen LogP contribution in [-0.4, -0.2) is 27.5 Å². The number of amides is 1. The van der Waals surface area contributed by atoms with E-state index in [9.17, 15) is 13.2 Å². The van der Waals surface area contributed by atoms with Crippen molar-refractivity contribution in [2.75, 3.05) is 16.7 Å². The Labute approximate surface area is 175 Å². The molecule has 29 heavy (non-hydrogen) atoms. The van der Waals surface area contributed by atoms with E-state index in [1.807, 2.05) is 11.8 Å². The molecule has 1 unspecified atom stereocenters. The molecule has 1 saturated carbocycles. The molecule has 6 nitrogen and oxygen atoms in total. The maximum absolute atomic E-state index is 12.9. The highest BCUT2D eigenvalue weighted by Crippen LogP contribution is 2.38. The van der Waals surface area contributed by atoms with E-state index < -0.39 is 10.0 Å². The summed E-state index contributed by atoms with van der Waals surface area (Å²) in [4.78, 5) is 14.8. The first-order chi connectivity index (χ1) is 13.8. The van der Waals surface area contributed by atoms with Crippen LogP contribution >= 0.6 is 11.6 Å². The second kappa shape index (κ2) is 7.54. The summed E-state index contributed by atoms with van der Waals surface area (Å²) >= 11 is 6.09. The largest absolute Gasteiger partial charge is 0.495 e. The predicted octanol–water partition coefficient (Wildman–Crippen LogP) is 4.23. The maximum atomic E-state index is 12.9. The van der Waals surface area contributed by atoms with Crippen LogP contribution in [0.3, 0.4) is 0 Å². The van der Waals surface area contributed by atoms with Gasteiger partial charge in [-0.3, -0.25) is 9.52 Å². The lowest BCUT2D eigenvalue weighted by Gasteiger charge is -2.32. The molecular formula is C21H23ClN2O4S. The zero-order valence-electron chi connectivity index (χ0n) is 16.3. The Morgan fingerprint density at radius 3 is 2.59 bits per heavy atom. The molecule has 1 fully saturated rings. The minimum atomic E-state index is -3.79. The van der Waals surface area contributed by atoms with Gasteiger partial charge in [-0.25, -0.2) is 8.42 Å². The van der Waals surface area contributed by atoms with Crippen molar-refractivity contribution in [1.29, 1.82) is 0 Å². The van der Waals surface area contributed by atoms with E-state index in [-0.39, 0.29) is 22.8 Å². The van der Waals surface area contributed by atoms with E-state index in [1.165, 1.54) is 13.2 Å². The van der Waals surface area contributed by atoms with Crippen molar-refractivity contribution in [1.82, 2.24) is 0 Å². The van der Waals surface area contributed by atoms with Gasteiger partial charge in [0, 0.05) is 17.6 Å². The van der Waals surface area contributed by atoms with Crippen LogP contribution in [0.4, 0.5) is 11.4 Å². The highest BCUT2D eigenvalue weighted by Gasteiger charge is 2.37. The number of carbonyl (C=O) groups is 1. The number of rotatable bonds is 5. The number of hydrogen-bond acceptors (Lipinski definition) is 4. The first-order valence-electron chi connectivity index (χ1n) is 9.62. The summed E-state index contributed by atoms with van der Waals surface area (Å²) in [6.07, 6.45) is 3.63. The molecule has 1 aliphatic carbocycles. The lowest BCUT2D eigenvalue weighted by Crippen LogP contribution is -2.42. The van der Waals surface area contributed by atoms with Crippen molar-refractivity contribution in [3.63, 3.8) is 0 Å². The summed E-state index contributed by atoms with van der Waals surface area (Å²) < 4.78 is 33.4. The lowest BCUT2D eigenvalue weighted by atomic mass is 9.84. The van der Waals surface area contributed by atoms with Crippen molar-refractivity contribution in [2.24, 2.45) is 5.92 Å². The number of halogens is 1. The van der Waals surface area contributed by atoms with Gasteiger partial charge in [0.05, 0.1) is 22.7 Å². The third-order valence-electron chi connectivity index (χ3n) is 5.67. The molecule has 8 heteroatoms. The van der Waals surface area contributed by atoms with Crippen LogP contribution < -0.4 is 14.4 Å². The fourth-order valence-electron chi connectivity index (χ4n) is 3.91. The van der Waals surface area contributed by atoms with E-state index in [0.29, 0.717) is 22.9 Å². The molecular weight excluding hydrogens is 412 g/mol. The summed E-state index contributed by atoms with van der Waals surface area (Å²) in [5.74, 6) is 0.731. The summed E-state index contributed by atoms with van der Waals surface area (Å²) in [7, 11) is -2.29. The maximum Gasteiger partial charge on any atom is 0.261 e. The molecule has 1 aliphatic heterocycles. The van der Waals surface area contributed by atoms with Gasteiger partial charge in [0.2, 0.25) is 5.91 Å². The molecule has 1 N–H and O–H groups in total. The van der Waals surface area contributed by atoms with Crippen molar-refractivity contribution < 1.29 is 17.9 Å². The van der Waals surface area contributed by atoms with Gasteiger partial charge in [-0.1, -0.05) is 18.0 Å². The Hall–Kier alpha value is -2.25. The number of anilines is 2. The number of sulfonamides is 1. The quantitative estimate of drug-likeness (QED) is 0.764. The molecule has 1 heterocycles. The lowest BCUT2D eigenvalue weighted by molar-refractivity contribution is -0.125. The van der Waals surface area contributed by atoms with E-state index in [2.05, 4.69) is 4.72 Å². The predicted molar refractivity (Wildman–Crippen MR) is 113 cm³/mol. The van der Waals surface area contributed by atoms with Crippen LogP contribution in [0.5, 0.6) is 5.75 Å². The Balaban J connectivity index is 1.59. The Morgan fingerprint density at radius 2 is 1.97 bits per heavy atom. The zero-order valence-corrected chi connectivity index (χ0v) is 17.9. The molecule has 4 rings (SSSR count). The minimum absolute atomic E-state index is 0.0319. The van der Waals surface area contributed by atoms with Crippen LogP contribution in [0.1, 0.15) is 31.7 Å². The van der Waals surface area contributed by atoms with E-state index in [4.69, 9.17) is 16.3 Å². The van der Waals surface area contributed by atoms with E-state index in [0.717, 1.165) is 30.5 Å². The molecule has 0 bridgehead atoms. The Bertz CT molecular complexity index is 1070. The SMILES string of the molecule is COc1ccc(NS(=O)(=O)c2ccc3c(c2)CC(C)N3C(=O)C2CCC2)cc1Cl. The van der Waals surface area contributed by atoms with Crippen molar-refractivity contribution in [3.8, 4) is 5.75 Å². The number of fused-ring (bicyclic) bond motifs is 1. The molecule has 0 spiro atoms. The van der Waals surface area contributed by atoms with Crippen LogP contribution in [-0.2, 0) is 21.2 Å². The molecule has 1 atom stereocenters. The van der Waals surface area contributed by atoms with E-state index >= 15 is 0 Å². The number of hydrogen-bond donors (Lipinski definition) is 1. The Morgan fingerprint density at radius 1 is 1.21 bits per heavy atom. The van der Waals surface area contributed by atoms with Gasteiger partial charge in [-0.05, 0) is 68.1 Å². The topological polar surface area (TPSA) is 75.7 Å². The number of nitrogens with zero attached hydrogens (tertiary/aromatic N) is 1. The number of methoxy groups -OCH3 is 1. The monoisotopic (exact) mass is 434 g/mol. The summed E-state index contributed by atoms with van der Waals surface area (Å²) in [6.45, 7) is 2.00. The second-order valence-electron chi connectivity index (χ2n) is 7.63. The number of nitrogens with one attached hydrogen (secondary N) is 1. The van der Waals surface area contributed by atoms with Gasteiger partial charge < -0.3 is 9.64 Å². The standard InChI is InChI=1S/C21H23ClN2O4S/c1-13-10-15-11-17(7-8-19(15)24(13)21(25)14-4-3-5-14)29(26,27)23-16-6-9-20(28-2)18(22)12-16/h6-9,11-14,23H,3-5,10H2,1-2H3. The fourth-order valence-corrected chi connectivity index (χ4v) is 5.26. The Kier molecular flexibility index (Phi) is 5.21. The molecule has 154 valence electrons. The molecule has 0 aromatic heterocycles. The summed E-state index contributed by atoms with van der Waals surface area (Å²) in [5.41, 5.74) is 2.05. The van der Waals surface area contributed by atoms with Gasteiger partial charge in [-0.2, -0.15) is 0 Å². The number of ether oxygens (including phenoxy) is 1. The molecule has 1 amide bonds. The van der Waals surface area contributed by atoms with Crippen molar-refractivity contribution in [2.45, 2.75) is 43.5 Å². The van der Waals surface area contributed by atoms with Crippen LogP contribution in [0.2, 0.25) is 5.02 Å².